The van der Waals surface area contributed by atoms with Crippen LogP contribution < -0.4 is 10.9 Å². The maximum atomic E-state index is 13.6. The Morgan fingerprint density at radius 1 is 1.18 bits per heavy atom. The molecule has 5 rings (SSSR count). The van der Waals surface area contributed by atoms with Crippen molar-refractivity contribution in [3.63, 3.8) is 0 Å². The van der Waals surface area contributed by atoms with E-state index in [-0.39, 0.29) is 22.7 Å². The van der Waals surface area contributed by atoms with Gasteiger partial charge in [-0.25, -0.2) is 4.98 Å². The number of thiophene rings is 1. The zero-order valence-corrected chi connectivity index (χ0v) is 18.9. The molecule has 33 heavy (non-hydrogen) atoms. The predicted molar refractivity (Wildman–Crippen MR) is 130 cm³/mol. The number of rotatable bonds is 7. The molecule has 1 amide bonds. The van der Waals surface area contributed by atoms with Crippen LogP contribution in [0.2, 0.25) is 0 Å². The van der Waals surface area contributed by atoms with Gasteiger partial charge in [-0.1, -0.05) is 42.1 Å². The molecule has 4 aromatic rings. The second kappa shape index (κ2) is 8.80. The van der Waals surface area contributed by atoms with Crippen molar-refractivity contribution >= 4 is 50.6 Å². The van der Waals surface area contributed by atoms with Crippen molar-refractivity contribution in [2.45, 2.75) is 23.9 Å². The number of nitro benzene ring substituents is 1. The summed E-state index contributed by atoms with van der Waals surface area (Å²) in [4.78, 5) is 42.2. The van der Waals surface area contributed by atoms with Crippen molar-refractivity contribution in [3.05, 3.63) is 86.0 Å². The molecular weight excluding hydrogens is 460 g/mol. The van der Waals surface area contributed by atoms with Gasteiger partial charge in [0.05, 0.1) is 21.7 Å². The minimum absolute atomic E-state index is 0.0579. The molecule has 166 valence electrons. The van der Waals surface area contributed by atoms with Crippen molar-refractivity contribution in [1.82, 2.24) is 9.55 Å². The highest BCUT2D eigenvalue weighted by atomic mass is 32.2. The monoisotopic (exact) mass is 478 g/mol. The van der Waals surface area contributed by atoms with Gasteiger partial charge in [0.2, 0.25) is 5.91 Å². The third-order valence-electron chi connectivity index (χ3n) is 5.34. The summed E-state index contributed by atoms with van der Waals surface area (Å²) >= 11 is 2.57. The smallest absolute Gasteiger partial charge is 0.292 e. The maximum absolute atomic E-state index is 13.6. The van der Waals surface area contributed by atoms with Crippen LogP contribution in [-0.2, 0) is 4.79 Å². The van der Waals surface area contributed by atoms with Crippen LogP contribution in [0.5, 0.6) is 0 Å². The highest BCUT2D eigenvalue weighted by Crippen LogP contribution is 2.44. The van der Waals surface area contributed by atoms with E-state index in [1.54, 1.807) is 10.6 Å². The van der Waals surface area contributed by atoms with Crippen LogP contribution in [0.4, 0.5) is 11.4 Å². The van der Waals surface area contributed by atoms with E-state index in [0.29, 0.717) is 27.0 Å². The first-order valence-corrected chi connectivity index (χ1v) is 12.1. The largest absolute Gasteiger partial charge is 0.320 e. The number of nitrogens with zero attached hydrogens (tertiary/aromatic N) is 3. The van der Waals surface area contributed by atoms with Gasteiger partial charge >= 0.3 is 0 Å². The normalized spacial score (nSPS) is 13.2. The molecule has 2 aromatic heterocycles. The number of aromatic nitrogens is 2. The fourth-order valence-corrected chi connectivity index (χ4v) is 5.52. The molecule has 0 radical (unpaired) electrons. The van der Waals surface area contributed by atoms with Crippen molar-refractivity contribution in [3.8, 4) is 5.69 Å². The van der Waals surface area contributed by atoms with E-state index in [1.807, 2.05) is 35.7 Å². The fraction of sp³-hybridized carbons (Fsp3) is 0.174. The Hall–Kier alpha value is -3.50. The number of para-hydroxylation sites is 3. The molecular formula is C23H18N4O4S2. The lowest BCUT2D eigenvalue weighted by Crippen LogP contribution is -2.23. The van der Waals surface area contributed by atoms with E-state index >= 15 is 0 Å². The first-order chi connectivity index (χ1) is 16.0. The highest BCUT2D eigenvalue weighted by Gasteiger charge is 2.29. The predicted octanol–water partition coefficient (Wildman–Crippen LogP) is 4.96. The SMILES string of the molecule is O=C(CSc1nc2scc(C3CC3)c2c(=O)n1-c1ccccc1)Nc1ccccc1[N+](=O)[O-]. The van der Waals surface area contributed by atoms with Gasteiger partial charge in [0, 0.05) is 6.07 Å². The molecule has 1 saturated carbocycles. The van der Waals surface area contributed by atoms with Crippen LogP contribution >= 0.6 is 23.1 Å². The summed E-state index contributed by atoms with van der Waals surface area (Å²) in [5.41, 5.74) is 1.54. The fourth-order valence-electron chi connectivity index (χ4n) is 3.64. The van der Waals surface area contributed by atoms with Crippen LogP contribution in [0.25, 0.3) is 15.9 Å². The molecule has 2 aromatic carbocycles. The molecule has 0 bridgehead atoms. The van der Waals surface area contributed by atoms with E-state index in [0.717, 1.165) is 30.2 Å². The molecule has 0 unspecified atom stereocenters. The number of anilines is 1. The molecule has 0 atom stereocenters. The third kappa shape index (κ3) is 4.27. The first kappa shape index (κ1) is 21.4. The van der Waals surface area contributed by atoms with Crippen LogP contribution in [0.3, 0.4) is 0 Å². The average Bonchev–Trinajstić information content (AvgIpc) is 3.57. The van der Waals surface area contributed by atoms with E-state index in [2.05, 4.69) is 5.32 Å². The second-order valence-electron chi connectivity index (χ2n) is 7.63. The summed E-state index contributed by atoms with van der Waals surface area (Å²) < 4.78 is 1.55. The van der Waals surface area contributed by atoms with Crippen LogP contribution in [-0.4, -0.2) is 26.1 Å². The maximum Gasteiger partial charge on any atom is 0.292 e. The number of nitrogens with one attached hydrogen (secondary N) is 1. The highest BCUT2D eigenvalue weighted by molar-refractivity contribution is 7.99. The van der Waals surface area contributed by atoms with Crippen molar-refractivity contribution in [1.29, 1.82) is 0 Å². The van der Waals surface area contributed by atoms with Gasteiger partial charge in [-0.05, 0) is 47.9 Å². The van der Waals surface area contributed by atoms with Gasteiger partial charge in [-0.15, -0.1) is 11.3 Å². The molecule has 0 spiro atoms. The molecule has 1 fully saturated rings. The van der Waals surface area contributed by atoms with E-state index in [9.17, 15) is 19.7 Å². The summed E-state index contributed by atoms with van der Waals surface area (Å²) in [6, 6.07) is 15.2. The van der Waals surface area contributed by atoms with Crippen molar-refractivity contribution < 1.29 is 9.72 Å². The second-order valence-corrected chi connectivity index (χ2v) is 9.43. The summed E-state index contributed by atoms with van der Waals surface area (Å²) in [6.07, 6.45) is 2.16. The third-order valence-corrected chi connectivity index (χ3v) is 7.17. The number of fused-ring (bicyclic) bond motifs is 1. The van der Waals surface area contributed by atoms with Crippen LogP contribution in [0.1, 0.15) is 24.3 Å². The lowest BCUT2D eigenvalue weighted by molar-refractivity contribution is -0.383. The van der Waals surface area contributed by atoms with Crippen molar-refractivity contribution in [2.24, 2.45) is 0 Å². The van der Waals surface area contributed by atoms with Gasteiger partial charge in [0.25, 0.3) is 11.2 Å². The summed E-state index contributed by atoms with van der Waals surface area (Å²) in [5.74, 6) is -0.0611. The number of amides is 1. The zero-order chi connectivity index (χ0) is 22.9. The molecule has 0 aliphatic heterocycles. The Kier molecular flexibility index (Phi) is 5.69. The Bertz CT molecular complexity index is 1430. The standard InChI is InChI=1S/C23H18N4O4S2/c28-19(24-17-8-4-5-9-18(17)27(30)31)13-33-23-25-21-20(16(12-32-21)14-10-11-14)22(29)26(23)15-6-2-1-3-7-15/h1-9,12,14H,10-11,13H2,(H,24,28). The lowest BCUT2D eigenvalue weighted by Gasteiger charge is -2.12. The number of hydrogen-bond donors (Lipinski definition) is 1. The van der Waals surface area contributed by atoms with E-state index < -0.39 is 10.8 Å². The molecule has 1 N–H and O–H groups in total. The molecule has 2 heterocycles. The number of thioether (sulfide) groups is 1. The molecule has 0 saturated heterocycles. The zero-order valence-electron chi connectivity index (χ0n) is 17.3. The van der Waals surface area contributed by atoms with Crippen LogP contribution in [0.15, 0.2) is 69.9 Å². The molecule has 1 aliphatic rings. The lowest BCUT2D eigenvalue weighted by atomic mass is 10.1. The number of carbonyl (C=O) groups is 1. The van der Waals surface area contributed by atoms with Gasteiger partial charge < -0.3 is 5.32 Å². The number of carbonyl (C=O) groups excluding carboxylic acids is 1. The Morgan fingerprint density at radius 2 is 1.91 bits per heavy atom. The van der Waals surface area contributed by atoms with Gasteiger partial charge in [0.15, 0.2) is 5.16 Å². The molecule has 10 heteroatoms. The van der Waals surface area contributed by atoms with Crippen LogP contribution in [0, 0.1) is 10.1 Å². The Labute approximate surface area is 196 Å². The average molecular weight is 479 g/mol. The minimum atomic E-state index is -0.542. The minimum Gasteiger partial charge on any atom is -0.320 e. The Morgan fingerprint density at radius 3 is 2.64 bits per heavy atom. The number of nitro groups is 1. The van der Waals surface area contributed by atoms with Crippen molar-refractivity contribution in [2.75, 3.05) is 11.1 Å². The number of benzene rings is 2. The van der Waals surface area contributed by atoms with E-state index in [1.165, 1.54) is 29.5 Å². The summed E-state index contributed by atoms with van der Waals surface area (Å²) in [7, 11) is 0. The molecule has 1 aliphatic carbocycles. The molecule has 8 nitrogen and oxygen atoms in total. The topological polar surface area (TPSA) is 107 Å². The number of hydrogen-bond acceptors (Lipinski definition) is 7. The van der Waals surface area contributed by atoms with E-state index in [4.69, 9.17) is 4.98 Å². The van der Waals surface area contributed by atoms with Gasteiger partial charge in [-0.2, -0.15) is 0 Å². The first-order valence-electron chi connectivity index (χ1n) is 10.3. The Balaban J connectivity index is 1.47. The van der Waals surface area contributed by atoms with Gasteiger partial charge in [0.1, 0.15) is 10.5 Å². The summed E-state index contributed by atoms with van der Waals surface area (Å²) in [6.45, 7) is 0. The van der Waals surface area contributed by atoms with Gasteiger partial charge in [-0.3, -0.25) is 24.3 Å². The summed E-state index contributed by atoms with van der Waals surface area (Å²) in [5, 5.41) is 16.9. The quantitative estimate of drug-likeness (QED) is 0.174.